The van der Waals surface area contributed by atoms with E-state index in [2.05, 4.69) is 47.8 Å². The molecule has 0 aromatic carbocycles. The van der Waals surface area contributed by atoms with Crippen molar-refractivity contribution in [3.8, 4) is 5.06 Å². The van der Waals surface area contributed by atoms with E-state index in [4.69, 9.17) is 5.11 Å². The lowest BCUT2D eigenvalue weighted by molar-refractivity contribution is 0.487. The second-order valence-electron chi connectivity index (χ2n) is 1.31. The van der Waals surface area contributed by atoms with E-state index in [0.29, 0.717) is 4.47 Å². The summed E-state index contributed by atoms with van der Waals surface area (Å²) in [5.74, 6) is 0. The van der Waals surface area contributed by atoms with Crippen LogP contribution < -0.4 is 0 Å². The molecule has 0 unspecified atom stereocenters. The zero-order valence-corrected chi connectivity index (χ0v) is 9.56. The van der Waals surface area contributed by atoms with E-state index in [1.54, 1.807) is 0 Å². The van der Waals surface area contributed by atoms with Crippen molar-refractivity contribution in [3.05, 3.63) is 12.7 Å². The molecule has 0 spiro atoms. The first kappa shape index (κ1) is 8.04. The van der Waals surface area contributed by atoms with Gasteiger partial charge in [0.15, 0.2) is 5.06 Å². The fourth-order valence-electron chi connectivity index (χ4n) is 0.355. The monoisotopic (exact) mass is 334 g/mol. The summed E-state index contributed by atoms with van der Waals surface area (Å²) in [4.78, 5) is 0. The van der Waals surface area contributed by atoms with E-state index in [9.17, 15) is 0 Å². The van der Waals surface area contributed by atoms with E-state index in [1.165, 1.54) is 11.3 Å². The summed E-state index contributed by atoms with van der Waals surface area (Å²) in [6.45, 7) is 0. The zero-order chi connectivity index (χ0) is 7.02. The zero-order valence-electron chi connectivity index (χ0n) is 3.99. The Morgan fingerprint density at radius 1 is 1.11 bits per heavy atom. The number of hydrogen-bond acceptors (Lipinski definition) is 2. The number of aromatic hydroxyl groups is 1. The van der Waals surface area contributed by atoms with Gasteiger partial charge in [0.05, 0.1) is 12.7 Å². The van der Waals surface area contributed by atoms with Gasteiger partial charge in [-0.05, 0) is 47.8 Å². The normalized spacial score (nSPS) is 10.1. The number of hydrogen-bond donors (Lipinski definition) is 1. The summed E-state index contributed by atoms with van der Waals surface area (Å²) in [5, 5.41) is 9.32. The summed E-state index contributed by atoms with van der Waals surface area (Å²) in [7, 11) is 0. The minimum Gasteiger partial charge on any atom is -0.499 e. The molecule has 1 heterocycles. The molecule has 1 N–H and O–H groups in total. The highest BCUT2D eigenvalue weighted by atomic mass is 79.9. The minimum absolute atomic E-state index is 0.286. The van der Waals surface area contributed by atoms with E-state index >= 15 is 0 Å². The molecule has 0 radical (unpaired) electrons. The molecule has 0 aliphatic rings. The summed E-state index contributed by atoms with van der Waals surface area (Å²) in [6, 6.07) is 0. The smallest absolute Gasteiger partial charge is 0.188 e. The number of halogens is 3. The minimum atomic E-state index is 0.286. The molecule has 0 amide bonds. The van der Waals surface area contributed by atoms with Crippen LogP contribution in [0.3, 0.4) is 0 Å². The Morgan fingerprint density at radius 3 is 1.78 bits per heavy atom. The number of rotatable bonds is 0. The van der Waals surface area contributed by atoms with Crippen LogP contribution in [0.4, 0.5) is 0 Å². The van der Waals surface area contributed by atoms with Crippen LogP contribution in [-0.4, -0.2) is 5.11 Å². The van der Waals surface area contributed by atoms with Crippen LogP contribution in [0.2, 0.25) is 0 Å². The van der Waals surface area contributed by atoms with Crippen molar-refractivity contribution in [1.82, 2.24) is 0 Å². The van der Waals surface area contributed by atoms with E-state index in [-0.39, 0.29) is 5.06 Å². The Kier molecular flexibility index (Phi) is 2.59. The van der Waals surface area contributed by atoms with Crippen LogP contribution in [0.25, 0.3) is 0 Å². The highest BCUT2D eigenvalue weighted by molar-refractivity contribution is 9.14. The summed E-state index contributed by atoms with van der Waals surface area (Å²) < 4.78 is 2.47. The molecule has 9 heavy (non-hydrogen) atoms. The van der Waals surface area contributed by atoms with Crippen molar-refractivity contribution in [2.75, 3.05) is 0 Å². The molecular weight excluding hydrogens is 336 g/mol. The molecule has 0 bridgehead atoms. The highest BCUT2D eigenvalue weighted by Gasteiger charge is 2.09. The predicted molar refractivity (Wildman–Crippen MR) is 49.1 cm³/mol. The largest absolute Gasteiger partial charge is 0.499 e. The van der Waals surface area contributed by atoms with E-state index in [1.807, 2.05) is 0 Å². The van der Waals surface area contributed by atoms with Crippen LogP contribution >= 0.6 is 59.1 Å². The Balaban J connectivity index is 3.29. The molecule has 1 aromatic heterocycles. The van der Waals surface area contributed by atoms with E-state index < -0.39 is 0 Å². The lowest BCUT2D eigenvalue weighted by atomic mass is 10.6. The van der Waals surface area contributed by atoms with Gasteiger partial charge in [-0.3, -0.25) is 0 Å². The average Bonchev–Trinajstić information content (AvgIpc) is 1.98. The topological polar surface area (TPSA) is 20.2 Å². The van der Waals surface area contributed by atoms with Gasteiger partial charge < -0.3 is 5.11 Å². The highest BCUT2D eigenvalue weighted by Crippen LogP contribution is 2.44. The third-order valence-corrected chi connectivity index (χ3v) is 5.56. The quantitative estimate of drug-likeness (QED) is 0.765. The van der Waals surface area contributed by atoms with Crippen LogP contribution in [-0.2, 0) is 0 Å². The maximum atomic E-state index is 9.03. The van der Waals surface area contributed by atoms with Crippen LogP contribution in [0.5, 0.6) is 5.06 Å². The lowest BCUT2D eigenvalue weighted by Crippen LogP contribution is -1.54. The van der Waals surface area contributed by atoms with Gasteiger partial charge in [0, 0.05) is 0 Å². The van der Waals surface area contributed by atoms with Crippen LogP contribution in [0.15, 0.2) is 12.7 Å². The molecule has 0 fully saturated rings. The van der Waals surface area contributed by atoms with Gasteiger partial charge in [0.1, 0.15) is 0 Å². The van der Waals surface area contributed by atoms with Crippen LogP contribution in [0, 0.1) is 0 Å². The van der Waals surface area contributed by atoms with Crippen molar-refractivity contribution >= 4 is 59.1 Å². The molecule has 0 saturated heterocycles. The van der Waals surface area contributed by atoms with Crippen molar-refractivity contribution < 1.29 is 5.11 Å². The molecule has 0 aliphatic heterocycles. The van der Waals surface area contributed by atoms with Gasteiger partial charge >= 0.3 is 0 Å². The van der Waals surface area contributed by atoms with Crippen molar-refractivity contribution in [1.29, 1.82) is 0 Å². The SMILES string of the molecule is Oc1sc(Br)c(Br)c1Br. The second kappa shape index (κ2) is 2.90. The van der Waals surface area contributed by atoms with E-state index in [0.717, 1.165) is 8.26 Å². The molecule has 0 aliphatic carbocycles. The molecule has 1 aromatic rings. The summed E-state index contributed by atoms with van der Waals surface area (Å²) >= 11 is 11.0. The Bertz CT molecular complexity index is 209. The molecule has 5 heteroatoms. The van der Waals surface area contributed by atoms with Crippen molar-refractivity contribution in [2.24, 2.45) is 0 Å². The fraction of sp³-hybridized carbons (Fsp3) is 0. The first-order valence-electron chi connectivity index (χ1n) is 1.95. The Labute approximate surface area is 81.5 Å². The Hall–Kier alpha value is 0.940. The summed E-state index contributed by atoms with van der Waals surface area (Å²) in [5.41, 5.74) is 0. The molecular formula is C4HBr3OS. The van der Waals surface area contributed by atoms with Gasteiger partial charge in [-0.25, -0.2) is 0 Å². The van der Waals surface area contributed by atoms with Crippen molar-refractivity contribution in [3.63, 3.8) is 0 Å². The first-order chi connectivity index (χ1) is 4.13. The third-order valence-electron chi connectivity index (χ3n) is 0.739. The molecule has 0 atom stereocenters. The van der Waals surface area contributed by atoms with Crippen LogP contribution in [0.1, 0.15) is 0 Å². The molecule has 50 valence electrons. The van der Waals surface area contributed by atoms with Gasteiger partial charge in [0.2, 0.25) is 0 Å². The second-order valence-corrected chi connectivity index (χ2v) is 5.21. The fourth-order valence-corrected chi connectivity index (χ4v) is 2.97. The van der Waals surface area contributed by atoms with Gasteiger partial charge in [-0.2, -0.15) is 0 Å². The number of thiophene rings is 1. The van der Waals surface area contributed by atoms with Gasteiger partial charge in [-0.1, -0.05) is 11.3 Å². The standard InChI is InChI=1S/C4HBr3OS/c5-1-2(6)4(8)9-3(1)7/h8H. The molecule has 1 rings (SSSR count). The van der Waals surface area contributed by atoms with Gasteiger partial charge in [-0.15, -0.1) is 0 Å². The lowest BCUT2D eigenvalue weighted by Gasteiger charge is -1.82. The first-order valence-corrected chi connectivity index (χ1v) is 5.14. The summed E-state index contributed by atoms with van der Waals surface area (Å²) in [6.07, 6.45) is 0. The maximum absolute atomic E-state index is 9.03. The molecule has 1 nitrogen and oxygen atoms in total. The third kappa shape index (κ3) is 1.50. The average molecular weight is 337 g/mol. The maximum Gasteiger partial charge on any atom is 0.188 e. The Morgan fingerprint density at radius 2 is 1.67 bits per heavy atom. The predicted octanol–water partition coefficient (Wildman–Crippen LogP) is 3.74. The molecule has 0 saturated carbocycles. The van der Waals surface area contributed by atoms with Crippen molar-refractivity contribution in [2.45, 2.75) is 0 Å². The van der Waals surface area contributed by atoms with Gasteiger partial charge in [0.25, 0.3) is 0 Å².